The van der Waals surface area contributed by atoms with Crippen molar-refractivity contribution in [1.29, 1.82) is 0 Å². The molecule has 0 saturated heterocycles. The summed E-state index contributed by atoms with van der Waals surface area (Å²) in [6.07, 6.45) is -6.09. The Kier molecular flexibility index (Phi) is 8.01. The van der Waals surface area contributed by atoms with Gasteiger partial charge in [0.25, 0.3) is 0 Å². The highest BCUT2D eigenvalue weighted by Crippen LogP contribution is 2.37. The Labute approximate surface area is 170 Å². The van der Waals surface area contributed by atoms with Crippen LogP contribution in [-0.4, -0.2) is 42.8 Å². The first kappa shape index (κ1) is 23.4. The van der Waals surface area contributed by atoms with Crippen LogP contribution in [0, 0.1) is 16.0 Å². The van der Waals surface area contributed by atoms with Gasteiger partial charge < -0.3 is 14.2 Å². The Bertz CT molecular complexity index is 782. The lowest BCUT2D eigenvalue weighted by Crippen LogP contribution is -2.35. The molecule has 0 aliphatic carbocycles. The van der Waals surface area contributed by atoms with E-state index in [0.717, 1.165) is 0 Å². The van der Waals surface area contributed by atoms with Crippen molar-refractivity contribution in [3.05, 3.63) is 33.9 Å². The number of fused-ring (bicyclic) bond motifs is 1. The van der Waals surface area contributed by atoms with Crippen molar-refractivity contribution in [2.45, 2.75) is 44.7 Å². The van der Waals surface area contributed by atoms with Gasteiger partial charge in [-0.2, -0.15) is 13.2 Å². The zero-order valence-corrected chi connectivity index (χ0v) is 16.3. The molecule has 8 nitrogen and oxygen atoms in total. The number of Topliss-reactive ketones (excluding diaryl/α,β-unsaturated/α-hetero) is 1. The van der Waals surface area contributed by atoms with E-state index in [0.29, 0.717) is 17.1 Å². The number of benzene rings is 1. The van der Waals surface area contributed by atoms with Gasteiger partial charge in [0.15, 0.2) is 11.5 Å². The van der Waals surface area contributed by atoms with Crippen molar-refractivity contribution >= 4 is 11.8 Å². The molecule has 166 valence electrons. The van der Waals surface area contributed by atoms with E-state index < -0.39 is 47.7 Å². The molecule has 0 saturated carbocycles. The average Bonchev–Trinajstić information content (AvgIpc) is 3.11. The van der Waals surface area contributed by atoms with Gasteiger partial charge in [-0.05, 0) is 37.5 Å². The van der Waals surface area contributed by atoms with Crippen LogP contribution in [0.4, 0.5) is 13.2 Å². The molecular formula is C19H22F3NO7. The van der Waals surface area contributed by atoms with Gasteiger partial charge in [-0.1, -0.05) is 6.07 Å². The van der Waals surface area contributed by atoms with Gasteiger partial charge in [0, 0.05) is 17.8 Å². The second kappa shape index (κ2) is 10.3. The largest absolute Gasteiger partial charge is 0.465 e. The van der Waals surface area contributed by atoms with E-state index in [9.17, 15) is 32.9 Å². The third-order valence-corrected chi connectivity index (χ3v) is 4.59. The van der Waals surface area contributed by atoms with Crippen LogP contribution in [0.5, 0.6) is 11.5 Å². The molecule has 0 N–H and O–H groups in total. The van der Waals surface area contributed by atoms with E-state index >= 15 is 0 Å². The molecule has 1 heterocycles. The lowest BCUT2D eigenvalue weighted by atomic mass is 9.81. The molecule has 2 atom stereocenters. The summed E-state index contributed by atoms with van der Waals surface area (Å²) in [4.78, 5) is 35.9. The maximum absolute atomic E-state index is 12.8. The number of hydrogen-bond acceptors (Lipinski definition) is 7. The molecule has 0 radical (unpaired) electrons. The molecule has 2 unspecified atom stereocenters. The van der Waals surface area contributed by atoms with Crippen LogP contribution in [0.3, 0.4) is 0 Å². The van der Waals surface area contributed by atoms with Crippen LogP contribution in [0.15, 0.2) is 18.2 Å². The molecule has 0 bridgehead atoms. The molecule has 1 aliphatic heterocycles. The molecule has 0 spiro atoms. The van der Waals surface area contributed by atoms with Gasteiger partial charge in [-0.3, -0.25) is 19.7 Å². The van der Waals surface area contributed by atoms with Crippen molar-refractivity contribution in [2.24, 2.45) is 5.92 Å². The highest BCUT2D eigenvalue weighted by Gasteiger charge is 2.40. The highest BCUT2D eigenvalue weighted by atomic mass is 19.4. The lowest BCUT2D eigenvalue weighted by Gasteiger charge is -2.22. The Morgan fingerprint density at radius 1 is 1.23 bits per heavy atom. The maximum Gasteiger partial charge on any atom is 0.389 e. The average molecular weight is 433 g/mol. The molecular weight excluding hydrogens is 411 g/mol. The van der Waals surface area contributed by atoms with Crippen molar-refractivity contribution in [2.75, 3.05) is 19.9 Å². The van der Waals surface area contributed by atoms with Gasteiger partial charge >= 0.3 is 12.1 Å². The second-order valence-electron chi connectivity index (χ2n) is 6.75. The quantitative estimate of drug-likeness (QED) is 0.172. The Morgan fingerprint density at radius 3 is 2.57 bits per heavy atom. The standard InChI is InChI=1S/C19H22F3NO7/c1-2-28-18(25)17(14(24)5-3-4-8-19(20,21)22)13(10-23(26)27)12-6-7-15-16(9-12)30-11-29-15/h6-7,9,13,17H,2-5,8,10-11H2,1H3. The first-order valence-electron chi connectivity index (χ1n) is 9.39. The van der Waals surface area contributed by atoms with Crippen molar-refractivity contribution in [3.63, 3.8) is 0 Å². The summed E-state index contributed by atoms with van der Waals surface area (Å²) in [5.41, 5.74) is 0.303. The zero-order valence-electron chi connectivity index (χ0n) is 16.3. The molecule has 1 aromatic carbocycles. The van der Waals surface area contributed by atoms with Gasteiger partial charge in [-0.15, -0.1) is 0 Å². The summed E-state index contributed by atoms with van der Waals surface area (Å²) in [5, 5.41) is 11.3. The Morgan fingerprint density at radius 2 is 1.93 bits per heavy atom. The monoisotopic (exact) mass is 433 g/mol. The number of alkyl halides is 3. The number of hydrogen-bond donors (Lipinski definition) is 0. The first-order chi connectivity index (χ1) is 14.1. The summed E-state index contributed by atoms with van der Waals surface area (Å²) in [5.74, 6) is -3.57. The van der Waals surface area contributed by atoms with Crippen LogP contribution in [0.25, 0.3) is 0 Å². The van der Waals surface area contributed by atoms with Crippen molar-refractivity contribution in [1.82, 2.24) is 0 Å². The number of unbranched alkanes of at least 4 members (excludes halogenated alkanes) is 1. The van der Waals surface area contributed by atoms with Crippen LogP contribution in [-0.2, 0) is 14.3 Å². The number of esters is 1. The molecule has 1 aromatic rings. The number of halogens is 3. The summed E-state index contributed by atoms with van der Waals surface area (Å²) >= 11 is 0. The van der Waals surface area contributed by atoms with Crippen LogP contribution >= 0.6 is 0 Å². The number of rotatable bonds is 11. The fraction of sp³-hybridized carbons (Fsp3) is 0.579. The van der Waals surface area contributed by atoms with E-state index in [-0.39, 0.29) is 32.7 Å². The number of carbonyl (C=O) groups is 2. The lowest BCUT2D eigenvalue weighted by molar-refractivity contribution is -0.484. The summed E-state index contributed by atoms with van der Waals surface area (Å²) in [6.45, 7) is 0.699. The minimum absolute atomic E-state index is 0.0296. The van der Waals surface area contributed by atoms with E-state index in [4.69, 9.17) is 14.2 Å². The van der Waals surface area contributed by atoms with Crippen molar-refractivity contribution < 1.29 is 41.9 Å². The Balaban J connectivity index is 2.26. The fourth-order valence-electron chi connectivity index (χ4n) is 3.24. The number of ether oxygens (including phenoxy) is 3. The number of ketones is 1. The first-order valence-corrected chi connectivity index (χ1v) is 9.39. The topological polar surface area (TPSA) is 105 Å². The van der Waals surface area contributed by atoms with E-state index in [2.05, 4.69) is 0 Å². The summed E-state index contributed by atoms with van der Waals surface area (Å²) < 4.78 is 52.3. The molecule has 11 heteroatoms. The van der Waals surface area contributed by atoms with Gasteiger partial charge in [0.05, 0.1) is 12.5 Å². The number of carbonyl (C=O) groups excluding carboxylic acids is 2. The molecule has 2 rings (SSSR count). The predicted molar refractivity (Wildman–Crippen MR) is 96.8 cm³/mol. The van der Waals surface area contributed by atoms with Gasteiger partial charge in [-0.25, -0.2) is 0 Å². The molecule has 1 aliphatic rings. The smallest absolute Gasteiger partial charge is 0.389 e. The van der Waals surface area contributed by atoms with E-state index in [1.165, 1.54) is 25.1 Å². The molecule has 0 fully saturated rings. The van der Waals surface area contributed by atoms with Crippen LogP contribution in [0.1, 0.15) is 44.1 Å². The van der Waals surface area contributed by atoms with E-state index in [1.807, 2.05) is 0 Å². The van der Waals surface area contributed by atoms with Crippen LogP contribution in [0.2, 0.25) is 0 Å². The second-order valence-corrected chi connectivity index (χ2v) is 6.75. The SMILES string of the molecule is CCOC(=O)C(C(=O)CCCCC(F)(F)F)C(C[N+](=O)[O-])c1ccc2c(c1)OCO2. The molecule has 0 amide bonds. The normalized spacial score (nSPS) is 14.8. The molecule has 30 heavy (non-hydrogen) atoms. The minimum Gasteiger partial charge on any atom is -0.465 e. The van der Waals surface area contributed by atoms with Gasteiger partial charge in [0.2, 0.25) is 13.3 Å². The Hall–Kier alpha value is -2.85. The third-order valence-electron chi connectivity index (χ3n) is 4.59. The summed E-state index contributed by atoms with van der Waals surface area (Å²) in [7, 11) is 0. The van der Waals surface area contributed by atoms with Crippen LogP contribution < -0.4 is 9.47 Å². The number of nitrogens with zero attached hydrogens (tertiary/aromatic N) is 1. The van der Waals surface area contributed by atoms with Gasteiger partial charge in [0.1, 0.15) is 11.7 Å². The fourth-order valence-corrected chi connectivity index (χ4v) is 3.24. The predicted octanol–water partition coefficient (Wildman–Crippen LogP) is 3.65. The third kappa shape index (κ3) is 6.60. The number of nitro groups is 1. The molecule has 0 aromatic heterocycles. The zero-order chi connectivity index (χ0) is 22.3. The highest BCUT2D eigenvalue weighted by molar-refractivity contribution is 6.00. The van der Waals surface area contributed by atoms with E-state index in [1.54, 1.807) is 0 Å². The minimum atomic E-state index is -4.34. The summed E-state index contributed by atoms with van der Waals surface area (Å²) in [6, 6.07) is 4.46. The van der Waals surface area contributed by atoms with Crippen molar-refractivity contribution in [3.8, 4) is 11.5 Å². The maximum atomic E-state index is 12.8.